The highest BCUT2D eigenvalue weighted by molar-refractivity contribution is 5.73. The first-order chi connectivity index (χ1) is 10.6. The van der Waals surface area contributed by atoms with Crippen LogP contribution >= 0.6 is 0 Å². The summed E-state index contributed by atoms with van der Waals surface area (Å²) in [6.07, 6.45) is 4.95. The first kappa shape index (κ1) is 16.7. The number of hydrogen-bond acceptors (Lipinski definition) is 4. The van der Waals surface area contributed by atoms with Crippen molar-refractivity contribution in [3.8, 4) is 5.75 Å². The molecule has 0 amide bonds. The molecule has 2 rings (SSSR count). The molecule has 0 atom stereocenters. The van der Waals surface area contributed by atoms with Crippen LogP contribution in [0.2, 0.25) is 0 Å². The van der Waals surface area contributed by atoms with Crippen molar-refractivity contribution in [3.05, 3.63) is 29.1 Å². The standard InChI is InChI=1S/C17H23FO4/c1-20-15(19)10-12-9-13(11-14(18)16(12)21-2)17(22-3)7-5-4-6-8-17/h9,11H,4-8,10H2,1-3H3. The van der Waals surface area contributed by atoms with E-state index in [1.54, 1.807) is 7.11 Å². The first-order valence-corrected chi connectivity index (χ1v) is 7.55. The lowest BCUT2D eigenvalue weighted by atomic mass is 9.78. The van der Waals surface area contributed by atoms with Crippen molar-refractivity contribution >= 4 is 5.97 Å². The van der Waals surface area contributed by atoms with E-state index >= 15 is 0 Å². The van der Waals surface area contributed by atoms with Gasteiger partial charge in [-0.05, 0) is 30.5 Å². The zero-order valence-electron chi connectivity index (χ0n) is 13.4. The van der Waals surface area contributed by atoms with Gasteiger partial charge in [0, 0.05) is 12.7 Å². The fourth-order valence-electron chi connectivity index (χ4n) is 3.23. The fraction of sp³-hybridized carbons (Fsp3) is 0.588. The number of carbonyl (C=O) groups excluding carboxylic acids is 1. The summed E-state index contributed by atoms with van der Waals surface area (Å²) in [7, 11) is 4.37. The fourth-order valence-corrected chi connectivity index (χ4v) is 3.23. The number of esters is 1. The molecule has 4 nitrogen and oxygen atoms in total. The number of halogens is 1. The average molecular weight is 310 g/mol. The van der Waals surface area contributed by atoms with Crippen LogP contribution in [0.25, 0.3) is 0 Å². The van der Waals surface area contributed by atoms with Gasteiger partial charge in [0.15, 0.2) is 11.6 Å². The molecular weight excluding hydrogens is 287 g/mol. The molecule has 22 heavy (non-hydrogen) atoms. The molecule has 122 valence electrons. The molecule has 1 aromatic rings. The van der Waals surface area contributed by atoms with E-state index < -0.39 is 17.4 Å². The van der Waals surface area contributed by atoms with E-state index in [2.05, 4.69) is 4.74 Å². The SMILES string of the molecule is COC(=O)Cc1cc(C2(OC)CCCCC2)cc(F)c1OC. The van der Waals surface area contributed by atoms with Gasteiger partial charge in [-0.15, -0.1) is 0 Å². The van der Waals surface area contributed by atoms with Crippen molar-refractivity contribution in [2.45, 2.75) is 44.1 Å². The van der Waals surface area contributed by atoms with Gasteiger partial charge >= 0.3 is 5.97 Å². The van der Waals surface area contributed by atoms with Gasteiger partial charge in [0.1, 0.15) is 0 Å². The molecule has 1 aromatic carbocycles. The molecule has 0 N–H and O–H groups in total. The maximum Gasteiger partial charge on any atom is 0.310 e. The van der Waals surface area contributed by atoms with Crippen LogP contribution < -0.4 is 4.74 Å². The highest BCUT2D eigenvalue weighted by Crippen LogP contribution is 2.42. The van der Waals surface area contributed by atoms with Crippen molar-refractivity contribution in [2.75, 3.05) is 21.3 Å². The smallest absolute Gasteiger partial charge is 0.310 e. The van der Waals surface area contributed by atoms with Gasteiger partial charge < -0.3 is 14.2 Å². The van der Waals surface area contributed by atoms with Gasteiger partial charge in [0.2, 0.25) is 0 Å². The number of carbonyl (C=O) groups is 1. The Kier molecular flexibility index (Phi) is 5.40. The average Bonchev–Trinajstić information content (AvgIpc) is 2.55. The van der Waals surface area contributed by atoms with Gasteiger partial charge in [0.25, 0.3) is 0 Å². The minimum Gasteiger partial charge on any atom is -0.493 e. The zero-order chi connectivity index (χ0) is 16.2. The second-order valence-electron chi connectivity index (χ2n) is 5.66. The third kappa shape index (κ3) is 3.24. The van der Waals surface area contributed by atoms with Crippen LogP contribution in [0, 0.1) is 5.82 Å². The minimum absolute atomic E-state index is 0.0236. The van der Waals surface area contributed by atoms with Crippen LogP contribution in [0.4, 0.5) is 4.39 Å². The van der Waals surface area contributed by atoms with E-state index in [1.807, 2.05) is 6.07 Å². The van der Waals surface area contributed by atoms with E-state index in [0.29, 0.717) is 5.56 Å². The van der Waals surface area contributed by atoms with E-state index in [0.717, 1.165) is 31.2 Å². The first-order valence-electron chi connectivity index (χ1n) is 7.55. The maximum absolute atomic E-state index is 14.4. The third-order valence-electron chi connectivity index (χ3n) is 4.47. The molecule has 5 heteroatoms. The van der Waals surface area contributed by atoms with Crippen LogP contribution in [0.3, 0.4) is 0 Å². The Morgan fingerprint density at radius 3 is 2.41 bits per heavy atom. The van der Waals surface area contributed by atoms with Gasteiger partial charge in [-0.1, -0.05) is 19.3 Å². The molecule has 0 aliphatic heterocycles. The molecule has 0 saturated heterocycles. The largest absolute Gasteiger partial charge is 0.493 e. The molecule has 0 bridgehead atoms. The third-order valence-corrected chi connectivity index (χ3v) is 4.47. The van der Waals surface area contributed by atoms with Crippen molar-refractivity contribution in [1.82, 2.24) is 0 Å². The molecule has 1 fully saturated rings. The van der Waals surface area contributed by atoms with Crippen LogP contribution in [0.5, 0.6) is 5.75 Å². The second kappa shape index (κ2) is 7.09. The second-order valence-corrected chi connectivity index (χ2v) is 5.66. The Morgan fingerprint density at radius 1 is 1.18 bits per heavy atom. The normalized spacial score (nSPS) is 17.1. The number of rotatable bonds is 5. The Labute approximate surface area is 130 Å². The number of hydrogen-bond donors (Lipinski definition) is 0. The van der Waals surface area contributed by atoms with Crippen molar-refractivity contribution < 1.29 is 23.4 Å². The number of benzene rings is 1. The van der Waals surface area contributed by atoms with Crippen LogP contribution in [0.15, 0.2) is 12.1 Å². The van der Waals surface area contributed by atoms with Gasteiger partial charge in [-0.2, -0.15) is 0 Å². The lowest BCUT2D eigenvalue weighted by Crippen LogP contribution is -2.31. The Hall–Kier alpha value is -1.62. The monoisotopic (exact) mass is 310 g/mol. The Morgan fingerprint density at radius 2 is 1.86 bits per heavy atom. The summed E-state index contributed by atoms with van der Waals surface area (Å²) in [5, 5.41) is 0. The summed E-state index contributed by atoms with van der Waals surface area (Å²) in [5.74, 6) is -0.804. The van der Waals surface area contributed by atoms with E-state index in [1.165, 1.54) is 26.7 Å². The van der Waals surface area contributed by atoms with Crippen LogP contribution in [0.1, 0.15) is 43.2 Å². The quantitative estimate of drug-likeness (QED) is 0.782. The molecule has 1 saturated carbocycles. The Bertz CT molecular complexity index is 536. The van der Waals surface area contributed by atoms with Crippen LogP contribution in [-0.4, -0.2) is 27.3 Å². The van der Waals surface area contributed by atoms with E-state index in [4.69, 9.17) is 9.47 Å². The van der Waals surface area contributed by atoms with Gasteiger partial charge in [-0.3, -0.25) is 4.79 Å². The summed E-state index contributed by atoms with van der Waals surface area (Å²) in [4.78, 5) is 11.6. The molecule has 1 aliphatic carbocycles. The van der Waals surface area contributed by atoms with Crippen LogP contribution in [-0.2, 0) is 26.3 Å². The molecule has 0 heterocycles. The lowest BCUT2D eigenvalue weighted by molar-refractivity contribution is -0.139. The predicted octanol–water partition coefficient (Wildman–Crippen LogP) is 3.36. The highest BCUT2D eigenvalue weighted by Gasteiger charge is 2.35. The molecule has 0 unspecified atom stereocenters. The number of methoxy groups -OCH3 is 3. The lowest BCUT2D eigenvalue weighted by Gasteiger charge is -2.37. The molecule has 1 aliphatic rings. The minimum atomic E-state index is -0.476. The summed E-state index contributed by atoms with van der Waals surface area (Å²) in [5.41, 5.74) is 0.786. The van der Waals surface area contributed by atoms with E-state index in [-0.39, 0.29) is 12.2 Å². The molecule has 0 aromatic heterocycles. The van der Waals surface area contributed by atoms with Crippen molar-refractivity contribution in [1.29, 1.82) is 0 Å². The summed E-state index contributed by atoms with van der Waals surface area (Å²) >= 11 is 0. The topological polar surface area (TPSA) is 44.8 Å². The Balaban J connectivity index is 2.45. The molecule has 0 spiro atoms. The molecular formula is C17H23FO4. The predicted molar refractivity (Wildman–Crippen MR) is 80.4 cm³/mol. The van der Waals surface area contributed by atoms with Crippen molar-refractivity contribution in [3.63, 3.8) is 0 Å². The summed E-state index contributed by atoms with van der Waals surface area (Å²) in [6.45, 7) is 0. The zero-order valence-corrected chi connectivity index (χ0v) is 13.4. The molecule has 0 radical (unpaired) electrons. The van der Waals surface area contributed by atoms with Crippen molar-refractivity contribution in [2.24, 2.45) is 0 Å². The van der Waals surface area contributed by atoms with E-state index in [9.17, 15) is 9.18 Å². The maximum atomic E-state index is 14.4. The number of ether oxygens (including phenoxy) is 3. The highest BCUT2D eigenvalue weighted by atomic mass is 19.1. The van der Waals surface area contributed by atoms with Gasteiger partial charge in [-0.25, -0.2) is 4.39 Å². The van der Waals surface area contributed by atoms with Gasteiger partial charge in [0.05, 0.1) is 26.2 Å². The summed E-state index contributed by atoms with van der Waals surface area (Å²) < 4.78 is 29.9. The summed E-state index contributed by atoms with van der Waals surface area (Å²) in [6, 6.07) is 3.28.